The third-order valence-corrected chi connectivity index (χ3v) is 4.84. The van der Waals surface area contributed by atoms with Crippen molar-refractivity contribution in [3.8, 4) is 0 Å². The van der Waals surface area contributed by atoms with Crippen molar-refractivity contribution in [1.82, 2.24) is 10.6 Å². The van der Waals surface area contributed by atoms with E-state index in [2.05, 4.69) is 28.8 Å². The quantitative estimate of drug-likeness (QED) is 0.834. The first-order valence-electron chi connectivity index (χ1n) is 8.39. The highest BCUT2D eigenvalue weighted by atomic mass is 16.1. The molecule has 1 amide bonds. The molecule has 2 N–H and O–H groups in total. The van der Waals surface area contributed by atoms with E-state index in [0.29, 0.717) is 18.9 Å². The Morgan fingerprint density at radius 3 is 2.67 bits per heavy atom. The molecule has 1 aromatic carbocycles. The number of benzene rings is 1. The van der Waals surface area contributed by atoms with Gasteiger partial charge in [0.25, 0.3) is 0 Å². The first-order valence-corrected chi connectivity index (χ1v) is 8.39. The molecule has 21 heavy (non-hydrogen) atoms. The predicted molar refractivity (Wildman–Crippen MR) is 84.6 cm³/mol. The molecule has 114 valence electrons. The van der Waals surface area contributed by atoms with Gasteiger partial charge in [-0.2, -0.15) is 0 Å². The highest BCUT2D eigenvalue weighted by molar-refractivity contribution is 5.76. The average molecular weight is 286 g/mol. The molecule has 0 saturated heterocycles. The number of rotatable bonds is 4. The zero-order valence-electron chi connectivity index (χ0n) is 12.8. The molecule has 1 saturated carbocycles. The summed E-state index contributed by atoms with van der Waals surface area (Å²) in [5.41, 5.74) is 3.99. The van der Waals surface area contributed by atoms with Gasteiger partial charge in [-0.25, -0.2) is 0 Å². The smallest absolute Gasteiger partial charge is 0.220 e. The second-order valence-electron chi connectivity index (χ2n) is 6.55. The summed E-state index contributed by atoms with van der Waals surface area (Å²) in [6.45, 7) is 2.60. The van der Waals surface area contributed by atoms with Gasteiger partial charge in [0.15, 0.2) is 0 Å². The van der Waals surface area contributed by atoms with Crippen LogP contribution in [0.15, 0.2) is 18.2 Å². The molecule has 2 aliphatic rings. The maximum absolute atomic E-state index is 12.1. The number of carbonyl (C=O) groups excluding carboxylic acids is 1. The molecule has 1 fully saturated rings. The Labute approximate surface area is 127 Å². The molecule has 0 atom stereocenters. The van der Waals surface area contributed by atoms with Gasteiger partial charge in [-0.1, -0.05) is 43.9 Å². The fourth-order valence-electron chi connectivity index (χ4n) is 3.56. The fraction of sp³-hybridized carbons (Fsp3) is 0.611. The topological polar surface area (TPSA) is 41.1 Å². The summed E-state index contributed by atoms with van der Waals surface area (Å²) in [5, 5.41) is 6.45. The van der Waals surface area contributed by atoms with E-state index >= 15 is 0 Å². The second kappa shape index (κ2) is 7.08. The Morgan fingerprint density at radius 1 is 1.10 bits per heavy atom. The minimum Gasteiger partial charge on any atom is -0.352 e. The highest BCUT2D eigenvalue weighted by Crippen LogP contribution is 2.25. The summed E-state index contributed by atoms with van der Waals surface area (Å²) in [6.07, 6.45) is 8.48. The summed E-state index contributed by atoms with van der Waals surface area (Å²) < 4.78 is 0. The monoisotopic (exact) mass is 286 g/mol. The summed E-state index contributed by atoms with van der Waals surface area (Å²) >= 11 is 0. The van der Waals surface area contributed by atoms with E-state index in [1.807, 2.05) is 0 Å². The van der Waals surface area contributed by atoms with Gasteiger partial charge >= 0.3 is 0 Å². The molecule has 1 aliphatic carbocycles. The highest BCUT2D eigenvalue weighted by Gasteiger charge is 2.16. The van der Waals surface area contributed by atoms with E-state index in [-0.39, 0.29) is 5.91 Å². The van der Waals surface area contributed by atoms with Crippen LogP contribution in [0.5, 0.6) is 0 Å². The van der Waals surface area contributed by atoms with Crippen LogP contribution in [0.1, 0.15) is 61.6 Å². The van der Waals surface area contributed by atoms with Gasteiger partial charge in [-0.05, 0) is 35.4 Å². The molecular weight excluding hydrogens is 260 g/mol. The van der Waals surface area contributed by atoms with Crippen LogP contribution >= 0.6 is 0 Å². The lowest BCUT2D eigenvalue weighted by molar-refractivity contribution is -0.122. The largest absolute Gasteiger partial charge is 0.352 e. The van der Waals surface area contributed by atoms with Crippen molar-refractivity contribution in [2.75, 3.05) is 0 Å². The molecular formula is C18H26N2O. The number of fused-ring (bicyclic) bond motifs is 1. The minimum absolute atomic E-state index is 0.223. The van der Waals surface area contributed by atoms with Crippen molar-refractivity contribution in [3.05, 3.63) is 34.9 Å². The van der Waals surface area contributed by atoms with Crippen molar-refractivity contribution in [2.24, 2.45) is 5.92 Å². The molecule has 1 aliphatic heterocycles. The first kappa shape index (κ1) is 14.6. The average Bonchev–Trinajstić information content (AvgIpc) is 2.81. The third kappa shape index (κ3) is 4.07. The van der Waals surface area contributed by atoms with Gasteiger partial charge in [0, 0.05) is 26.1 Å². The van der Waals surface area contributed by atoms with Crippen LogP contribution in [0, 0.1) is 5.92 Å². The fourth-order valence-corrected chi connectivity index (χ4v) is 3.56. The molecule has 0 unspecified atom stereocenters. The van der Waals surface area contributed by atoms with E-state index in [0.717, 1.165) is 13.1 Å². The Morgan fingerprint density at radius 2 is 1.86 bits per heavy atom. The lowest BCUT2D eigenvalue weighted by Crippen LogP contribution is -2.25. The van der Waals surface area contributed by atoms with Crippen molar-refractivity contribution in [3.63, 3.8) is 0 Å². The van der Waals surface area contributed by atoms with Gasteiger partial charge in [0.2, 0.25) is 5.91 Å². The van der Waals surface area contributed by atoms with Crippen molar-refractivity contribution < 1.29 is 4.79 Å². The molecule has 1 aromatic rings. The molecule has 0 aromatic heterocycles. The van der Waals surface area contributed by atoms with Crippen molar-refractivity contribution >= 4 is 5.91 Å². The van der Waals surface area contributed by atoms with Crippen LogP contribution in [0.2, 0.25) is 0 Å². The molecule has 3 rings (SSSR count). The summed E-state index contributed by atoms with van der Waals surface area (Å²) in [7, 11) is 0. The van der Waals surface area contributed by atoms with Crippen LogP contribution in [0.3, 0.4) is 0 Å². The maximum atomic E-state index is 12.1. The standard InChI is InChI=1S/C18H26N2O/c21-18(10-14-5-3-1-2-4-6-14)20-11-15-7-8-16-12-19-13-17(16)9-15/h7-9,14,19H,1-6,10-13H2,(H,20,21). The van der Waals surface area contributed by atoms with Crippen LogP contribution < -0.4 is 10.6 Å². The lowest BCUT2D eigenvalue weighted by Gasteiger charge is -2.14. The molecule has 0 bridgehead atoms. The van der Waals surface area contributed by atoms with Crippen LogP contribution in [-0.2, 0) is 24.4 Å². The lowest BCUT2D eigenvalue weighted by atomic mass is 9.96. The molecule has 0 spiro atoms. The minimum atomic E-state index is 0.223. The van der Waals surface area contributed by atoms with E-state index in [1.54, 1.807) is 0 Å². The zero-order valence-corrected chi connectivity index (χ0v) is 12.8. The number of carbonyl (C=O) groups is 1. The normalized spacial score (nSPS) is 19.0. The molecule has 3 heteroatoms. The van der Waals surface area contributed by atoms with Crippen molar-refractivity contribution in [1.29, 1.82) is 0 Å². The van der Waals surface area contributed by atoms with E-state index < -0.39 is 0 Å². The van der Waals surface area contributed by atoms with Gasteiger partial charge in [0.05, 0.1) is 0 Å². The summed E-state index contributed by atoms with van der Waals surface area (Å²) in [4.78, 5) is 12.1. The number of nitrogens with one attached hydrogen (secondary N) is 2. The SMILES string of the molecule is O=C(CC1CCCCCC1)NCc1ccc2c(c1)CNC2. The Bertz CT molecular complexity index is 490. The Hall–Kier alpha value is -1.35. The Balaban J connectivity index is 1.47. The van der Waals surface area contributed by atoms with Gasteiger partial charge in [-0.15, -0.1) is 0 Å². The van der Waals surface area contributed by atoms with E-state index in [9.17, 15) is 4.79 Å². The third-order valence-electron chi connectivity index (χ3n) is 4.84. The maximum Gasteiger partial charge on any atom is 0.220 e. The van der Waals surface area contributed by atoms with Crippen LogP contribution in [0.4, 0.5) is 0 Å². The second-order valence-corrected chi connectivity index (χ2v) is 6.55. The van der Waals surface area contributed by atoms with Gasteiger partial charge < -0.3 is 10.6 Å². The number of hydrogen-bond donors (Lipinski definition) is 2. The van der Waals surface area contributed by atoms with Crippen LogP contribution in [0.25, 0.3) is 0 Å². The number of hydrogen-bond acceptors (Lipinski definition) is 2. The number of amides is 1. The van der Waals surface area contributed by atoms with E-state index in [4.69, 9.17) is 0 Å². The molecule has 1 heterocycles. The van der Waals surface area contributed by atoms with Crippen molar-refractivity contribution in [2.45, 2.75) is 64.6 Å². The first-order chi connectivity index (χ1) is 10.3. The predicted octanol–water partition coefficient (Wildman–Crippen LogP) is 3.27. The Kier molecular flexibility index (Phi) is 4.91. The zero-order chi connectivity index (χ0) is 14.5. The van der Waals surface area contributed by atoms with Gasteiger partial charge in [0.1, 0.15) is 0 Å². The van der Waals surface area contributed by atoms with Gasteiger partial charge in [-0.3, -0.25) is 4.79 Å². The summed E-state index contributed by atoms with van der Waals surface area (Å²) in [5.74, 6) is 0.831. The molecule has 3 nitrogen and oxygen atoms in total. The summed E-state index contributed by atoms with van der Waals surface area (Å²) in [6, 6.07) is 6.54. The van der Waals surface area contributed by atoms with Crippen LogP contribution in [-0.4, -0.2) is 5.91 Å². The van der Waals surface area contributed by atoms with E-state index in [1.165, 1.54) is 55.2 Å². The molecule has 0 radical (unpaired) electrons.